The number of nitrogens with two attached hydrogens (primary N) is 4. The molecule has 0 heterocycles. The number of hydrogen-bond donors (Lipinski definition) is 8. The number of benzene rings is 9. The van der Waals surface area contributed by atoms with Crippen molar-refractivity contribution in [2.75, 3.05) is 36.3 Å². The molecule has 9 aromatic carbocycles. The lowest BCUT2D eigenvalue weighted by Crippen LogP contribution is -2.19. The molecule has 85 heavy (non-hydrogen) atoms. The van der Waals surface area contributed by atoms with Gasteiger partial charge in [-0.05, 0) is 139 Å². The number of rotatable bonds is 20. The predicted octanol–water partition coefficient (Wildman–Crippen LogP) is 12.5. The molecule has 9 rings (SSSR count). The molecule has 0 aromatic heterocycles. The first-order valence-electron chi connectivity index (χ1n) is 27.3. The molecule has 0 unspecified atom stereocenters. The number of aliphatic hydroxyl groups is 1. The summed E-state index contributed by atoms with van der Waals surface area (Å²) in [5.41, 5.74) is 38.4. The van der Waals surface area contributed by atoms with E-state index in [2.05, 4.69) is 45.0 Å². The summed E-state index contributed by atoms with van der Waals surface area (Å²) in [6, 6.07) is 70.3. The summed E-state index contributed by atoms with van der Waals surface area (Å²) >= 11 is 0. The van der Waals surface area contributed by atoms with Gasteiger partial charge in [-0.3, -0.25) is 25.0 Å². The molecule has 0 radical (unpaired) electrons. The summed E-state index contributed by atoms with van der Waals surface area (Å²) in [5.74, 6) is -1.03. The molecule has 0 bridgehead atoms. The lowest BCUT2D eigenvalue weighted by Gasteiger charge is -2.14. The van der Waals surface area contributed by atoms with E-state index in [4.69, 9.17) is 32.8 Å². The van der Waals surface area contributed by atoms with Gasteiger partial charge in [0.1, 0.15) is 6.61 Å². The van der Waals surface area contributed by atoms with E-state index in [-0.39, 0.29) is 50.2 Å². The van der Waals surface area contributed by atoms with Gasteiger partial charge in [-0.1, -0.05) is 182 Å². The van der Waals surface area contributed by atoms with Gasteiger partial charge in [0.15, 0.2) is 0 Å². The van der Waals surface area contributed by atoms with E-state index in [1.165, 1.54) is 7.11 Å². The van der Waals surface area contributed by atoms with Crippen LogP contribution in [-0.2, 0) is 43.1 Å². The third-order valence-corrected chi connectivity index (χ3v) is 13.4. The molecule has 0 fully saturated rings. The maximum Gasteiger partial charge on any atom is 0.411 e. The zero-order chi connectivity index (χ0) is 60.5. The van der Waals surface area contributed by atoms with Crippen LogP contribution in [-0.4, -0.2) is 61.4 Å². The van der Waals surface area contributed by atoms with Crippen LogP contribution in [0.1, 0.15) is 36.0 Å². The first-order valence-corrected chi connectivity index (χ1v) is 27.3. The van der Waals surface area contributed by atoms with Crippen molar-refractivity contribution in [3.63, 3.8) is 0 Å². The minimum absolute atomic E-state index is 0.0657. The van der Waals surface area contributed by atoms with Crippen molar-refractivity contribution >= 4 is 53.0 Å². The largest absolute Gasteiger partial charge is 0.453 e. The maximum atomic E-state index is 11.8. The fourth-order valence-electron chi connectivity index (χ4n) is 9.35. The van der Waals surface area contributed by atoms with Gasteiger partial charge in [-0.2, -0.15) is 0 Å². The predicted molar refractivity (Wildman–Crippen MR) is 336 cm³/mol. The monoisotopic (exact) mass is 1140 g/mol. The van der Waals surface area contributed by atoms with Crippen LogP contribution in [0, 0.1) is 0 Å². The number of hydrogen-bond acceptors (Lipinski definition) is 9. The third-order valence-electron chi connectivity index (χ3n) is 13.4. The van der Waals surface area contributed by atoms with Gasteiger partial charge in [0, 0.05) is 36.3 Å². The van der Waals surface area contributed by atoms with E-state index in [0.717, 1.165) is 83.5 Å². The van der Waals surface area contributed by atoms with Crippen molar-refractivity contribution in [3.05, 3.63) is 235 Å². The van der Waals surface area contributed by atoms with E-state index in [1.54, 1.807) is 18.2 Å². The number of methoxy groups -OCH3 is 1. The minimum Gasteiger partial charge on any atom is -0.453 e. The van der Waals surface area contributed by atoms with Crippen LogP contribution in [0.25, 0.3) is 66.8 Å². The molecular formula is C69H67N7O9. The van der Waals surface area contributed by atoms with Crippen molar-refractivity contribution in [3.8, 4) is 66.8 Å². The average molecular weight is 1140 g/mol. The Kier molecular flexibility index (Phi) is 22.8. The van der Waals surface area contributed by atoms with Crippen LogP contribution < -0.4 is 38.9 Å². The molecule has 0 aliphatic heterocycles. The second kappa shape index (κ2) is 31.4. The number of primary amides is 4. The Balaban J connectivity index is 0.000000183. The fraction of sp³-hybridized carbons (Fsp3) is 0.130. The van der Waals surface area contributed by atoms with Gasteiger partial charge >= 0.3 is 18.2 Å². The summed E-state index contributed by atoms with van der Waals surface area (Å²) in [6.45, 7) is -0.297. The summed E-state index contributed by atoms with van der Waals surface area (Å²) < 4.78 is 9.49. The highest BCUT2D eigenvalue weighted by molar-refractivity contribution is 5.90. The number of nitrogens with one attached hydrogen (secondary N) is 3. The van der Waals surface area contributed by atoms with Gasteiger partial charge in [0.2, 0.25) is 17.7 Å². The first-order chi connectivity index (χ1) is 41.2. The molecular weight excluding hydrogens is 1070 g/mol. The van der Waals surface area contributed by atoms with Gasteiger partial charge < -0.3 is 42.8 Å². The zero-order valence-corrected chi connectivity index (χ0v) is 47.0. The Morgan fingerprint density at radius 1 is 0.365 bits per heavy atom. The molecule has 0 saturated heterocycles. The summed E-state index contributed by atoms with van der Waals surface area (Å²) in [7, 11) is 1.32. The molecule has 0 saturated carbocycles. The number of urea groups is 1. The molecule has 0 aliphatic carbocycles. The van der Waals surface area contributed by atoms with Gasteiger partial charge in [0.05, 0.1) is 13.7 Å². The molecule has 432 valence electrons. The number of carbonyl (C=O) groups is 6. The molecule has 0 atom stereocenters. The smallest absolute Gasteiger partial charge is 0.411 e. The average Bonchev–Trinajstić information content (AvgIpc) is 3.69. The summed E-state index contributed by atoms with van der Waals surface area (Å²) in [5, 5.41) is 16.7. The molecule has 9 aromatic rings. The molecule has 16 nitrogen and oxygen atoms in total. The lowest BCUT2D eigenvalue weighted by molar-refractivity contribution is -0.118. The molecule has 0 aliphatic rings. The molecule has 0 spiro atoms. The number of aliphatic hydroxyl groups excluding tert-OH is 1. The third kappa shape index (κ3) is 19.1. The highest BCUT2D eigenvalue weighted by atomic mass is 16.6. The van der Waals surface area contributed by atoms with E-state index >= 15 is 0 Å². The second-order valence-corrected chi connectivity index (χ2v) is 19.4. The molecule has 7 amide bonds. The quantitative estimate of drug-likeness (QED) is 0.0360. The van der Waals surface area contributed by atoms with Gasteiger partial charge in [0.25, 0.3) is 0 Å². The van der Waals surface area contributed by atoms with Gasteiger partial charge in [-0.25, -0.2) is 14.4 Å². The molecule has 16 heteroatoms. The van der Waals surface area contributed by atoms with Crippen LogP contribution in [0.5, 0.6) is 0 Å². The molecule has 12 N–H and O–H groups in total. The van der Waals surface area contributed by atoms with E-state index in [1.807, 2.05) is 176 Å². The Labute approximate surface area is 493 Å². The van der Waals surface area contributed by atoms with Crippen LogP contribution in [0.3, 0.4) is 0 Å². The highest BCUT2D eigenvalue weighted by Gasteiger charge is 2.15. The minimum atomic E-state index is -0.630. The van der Waals surface area contributed by atoms with Gasteiger partial charge in [-0.15, -0.1) is 0 Å². The van der Waals surface area contributed by atoms with Crippen molar-refractivity contribution in [2.24, 2.45) is 22.9 Å². The zero-order valence-electron chi connectivity index (χ0n) is 47.0. The topological polar surface area (TPSA) is 281 Å². The van der Waals surface area contributed by atoms with Crippen LogP contribution in [0.2, 0.25) is 0 Å². The number of ether oxygens (including phenoxy) is 2. The normalized spacial score (nSPS) is 10.4. The Hall–Kier alpha value is -10.8. The Morgan fingerprint density at radius 3 is 0.988 bits per heavy atom. The van der Waals surface area contributed by atoms with Crippen molar-refractivity contribution in [2.45, 2.75) is 38.5 Å². The van der Waals surface area contributed by atoms with Crippen molar-refractivity contribution in [1.82, 2.24) is 0 Å². The van der Waals surface area contributed by atoms with Crippen molar-refractivity contribution < 1.29 is 43.3 Å². The lowest BCUT2D eigenvalue weighted by atomic mass is 9.92. The van der Waals surface area contributed by atoms with Crippen LogP contribution in [0.4, 0.5) is 31.4 Å². The first kappa shape index (κ1) is 61.8. The highest BCUT2D eigenvalue weighted by Crippen LogP contribution is 2.35. The number of anilines is 3. The number of carbonyl (C=O) groups excluding carboxylic acids is 6. The van der Waals surface area contributed by atoms with Crippen molar-refractivity contribution in [1.29, 1.82) is 0 Å². The summed E-state index contributed by atoms with van der Waals surface area (Å²) in [4.78, 5) is 68.4. The number of aryl methyl sites for hydroxylation is 3. The second-order valence-electron chi connectivity index (χ2n) is 19.4. The maximum absolute atomic E-state index is 11.8. The standard InChI is InChI=1S/C24H24N2O4.C23H22N2O3.C22H21N3O2/c25-23(28)12-10-20-15-18(17-5-2-1-3-6-17)9-11-22(20)19-7-4-8-21(16-19)26-24(29)30-14-13-27;1-28-23(27)25-20-9-5-8-18(15-20)21-12-10-17(16-6-3-2-4-7-16)14-19(21)11-13-22(24)26;23-21(26)12-10-18-13-16(15-5-2-1-3-6-15)9-11-20(18)17-7-4-8-19(14-17)25-22(24)27/h1-9,11,15-16,27H,10,12-14H2,(H2,25,28)(H,26,29);2-10,12,14-15H,11,13H2,1H3,(H2,24,26)(H,25,27);1-9,11,13-14H,10,12H2,(H2,23,26)(H3,24,25,27). The van der Waals surface area contributed by atoms with E-state index < -0.39 is 18.2 Å². The van der Waals surface area contributed by atoms with Crippen LogP contribution >= 0.6 is 0 Å². The fourth-order valence-corrected chi connectivity index (χ4v) is 9.35. The van der Waals surface area contributed by atoms with E-state index in [9.17, 15) is 28.8 Å². The SMILES string of the molecule is COC(=O)Nc1cccc(-c2ccc(-c3ccccc3)cc2CCC(N)=O)c1.NC(=O)CCc1cc(-c2ccccc2)ccc1-c1cccc(NC(=O)OCCO)c1.NC(=O)CCc1cc(-c2ccccc2)ccc1-c1cccc(NC(N)=O)c1. The number of amides is 7. The van der Waals surface area contributed by atoms with E-state index in [0.29, 0.717) is 36.3 Å². The van der Waals surface area contributed by atoms with Crippen LogP contribution in [0.15, 0.2) is 218 Å². The Bertz CT molecular complexity index is 3750. The Morgan fingerprint density at radius 2 is 0.682 bits per heavy atom. The summed E-state index contributed by atoms with van der Waals surface area (Å²) in [6.07, 6.45) is 1.23.